The first-order valence-electron chi connectivity index (χ1n) is 3.20. The maximum Gasteiger partial charge on any atom is 0.158 e. The van der Waals surface area contributed by atoms with E-state index in [9.17, 15) is 0 Å². The Balaban J connectivity index is 2.50. The molecule has 0 radical (unpaired) electrons. The highest BCUT2D eigenvalue weighted by atomic mass is 32.1. The van der Waals surface area contributed by atoms with E-state index in [0.29, 0.717) is 0 Å². The van der Waals surface area contributed by atoms with Crippen LogP contribution in [-0.2, 0) is 6.54 Å². The molecule has 2 nitrogen and oxygen atoms in total. The van der Waals surface area contributed by atoms with E-state index in [4.69, 9.17) is 12.2 Å². The molecule has 2 N–H and O–H groups in total. The summed E-state index contributed by atoms with van der Waals surface area (Å²) in [5, 5.41) is 5.25. The summed E-state index contributed by atoms with van der Waals surface area (Å²) in [6.45, 7) is 3.97. The molecule has 1 aromatic heterocycles. The number of H-pyrrole nitrogens is 1. The van der Waals surface area contributed by atoms with Crippen LogP contribution >= 0.6 is 23.6 Å². The summed E-state index contributed by atoms with van der Waals surface area (Å²) in [6.07, 6.45) is 0. The number of thiazole rings is 1. The lowest BCUT2D eigenvalue weighted by atomic mass is 10.5. The summed E-state index contributed by atoms with van der Waals surface area (Å²) in [4.78, 5) is 3.08. The molecule has 0 aromatic carbocycles. The van der Waals surface area contributed by atoms with E-state index in [-0.39, 0.29) is 0 Å². The van der Waals surface area contributed by atoms with Gasteiger partial charge in [-0.25, -0.2) is 0 Å². The van der Waals surface area contributed by atoms with E-state index in [1.54, 1.807) is 11.3 Å². The molecular formula is C6H10N2S2. The molecule has 0 amide bonds. The van der Waals surface area contributed by atoms with Crippen molar-refractivity contribution in [1.82, 2.24) is 10.3 Å². The highest BCUT2D eigenvalue weighted by Crippen LogP contribution is 2.02. The topological polar surface area (TPSA) is 27.8 Å². The van der Waals surface area contributed by atoms with Gasteiger partial charge in [0, 0.05) is 17.6 Å². The number of aromatic nitrogens is 1. The number of hydrogen-bond acceptors (Lipinski definition) is 3. The van der Waals surface area contributed by atoms with Gasteiger partial charge in [-0.05, 0) is 18.8 Å². The summed E-state index contributed by atoms with van der Waals surface area (Å²) in [5.74, 6) is 0. The second-order valence-electron chi connectivity index (χ2n) is 1.95. The molecule has 0 aliphatic heterocycles. The van der Waals surface area contributed by atoms with Gasteiger partial charge in [0.2, 0.25) is 0 Å². The summed E-state index contributed by atoms with van der Waals surface area (Å²) in [5.41, 5.74) is 1.18. The minimum Gasteiger partial charge on any atom is -0.340 e. The molecule has 1 rings (SSSR count). The summed E-state index contributed by atoms with van der Waals surface area (Å²) < 4.78 is 0.855. The molecule has 0 saturated carbocycles. The fourth-order valence-corrected chi connectivity index (χ4v) is 1.52. The first-order chi connectivity index (χ1) is 4.83. The molecule has 0 atom stereocenters. The van der Waals surface area contributed by atoms with Crippen LogP contribution in [0.2, 0.25) is 0 Å². The molecule has 56 valence electrons. The molecule has 0 fully saturated rings. The lowest BCUT2D eigenvalue weighted by molar-refractivity contribution is 0.714. The highest BCUT2D eigenvalue weighted by molar-refractivity contribution is 7.73. The predicted octanol–water partition coefficient (Wildman–Crippen LogP) is 1.92. The van der Waals surface area contributed by atoms with E-state index in [2.05, 4.69) is 17.2 Å². The molecule has 0 aliphatic rings. The van der Waals surface area contributed by atoms with Gasteiger partial charge in [-0.1, -0.05) is 6.92 Å². The number of nitrogens with one attached hydrogen (secondary N) is 2. The molecule has 0 unspecified atom stereocenters. The Hall–Kier alpha value is -0.190. The van der Waals surface area contributed by atoms with E-state index < -0.39 is 0 Å². The van der Waals surface area contributed by atoms with E-state index >= 15 is 0 Å². The van der Waals surface area contributed by atoms with Crippen LogP contribution in [0.1, 0.15) is 12.6 Å². The molecule has 0 bridgehead atoms. The molecule has 10 heavy (non-hydrogen) atoms. The lowest BCUT2D eigenvalue weighted by Gasteiger charge is -1.95. The molecule has 1 aromatic rings. The van der Waals surface area contributed by atoms with Gasteiger partial charge in [0.05, 0.1) is 0 Å². The van der Waals surface area contributed by atoms with Crippen molar-refractivity contribution in [1.29, 1.82) is 0 Å². The highest BCUT2D eigenvalue weighted by Gasteiger charge is 1.90. The maximum atomic E-state index is 4.92. The zero-order valence-corrected chi connectivity index (χ0v) is 7.44. The van der Waals surface area contributed by atoms with Crippen LogP contribution < -0.4 is 5.32 Å². The number of rotatable bonds is 3. The van der Waals surface area contributed by atoms with Crippen molar-refractivity contribution in [3.05, 3.63) is 15.0 Å². The van der Waals surface area contributed by atoms with Crippen LogP contribution in [0.5, 0.6) is 0 Å². The first kappa shape index (κ1) is 7.91. The average molecular weight is 174 g/mol. The summed E-state index contributed by atoms with van der Waals surface area (Å²) in [7, 11) is 0. The van der Waals surface area contributed by atoms with Crippen molar-refractivity contribution in [3.63, 3.8) is 0 Å². The molecule has 1 heterocycles. The second-order valence-corrected chi connectivity index (χ2v) is 3.50. The van der Waals surface area contributed by atoms with Gasteiger partial charge in [0.15, 0.2) is 3.95 Å². The number of aromatic amines is 1. The second kappa shape index (κ2) is 3.85. The Morgan fingerprint density at radius 2 is 2.60 bits per heavy atom. The van der Waals surface area contributed by atoms with Crippen LogP contribution in [0.3, 0.4) is 0 Å². The fraction of sp³-hybridized carbons (Fsp3) is 0.500. The van der Waals surface area contributed by atoms with Crippen molar-refractivity contribution < 1.29 is 0 Å². The summed E-state index contributed by atoms with van der Waals surface area (Å²) in [6, 6.07) is 0. The monoisotopic (exact) mass is 174 g/mol. The van der Waals surface area contributed by atoms with E-state index in [1.807, 2.05) is 5.38 Å². The molecule has 0 aliphatic carbocycles. The normalized spacial score (nSPS) is 10.1. The van der Waals surface area contributed by atoms with Crippen LogP contribution in [0.4, 0.5) is 0 Å². The van der Waals surface area contributed by atoms with Gasteiger partial charge in [-0.2, -0.15) is 0 Å². The fourth-order valence-electron chi connectivity index (χ4n) is 0.660. The van der Waals surface area contributed by atoms with Crippen LogP contribution in [0.15, 0.2) is 5.38 Å². The third-order valence-corrected chi connectivity index (χ3v) is 2.25. The van der Waals surface area contributed by atoms with Gasteiger partial charge >= 0.3 is 0 Å². The Morgan fingerprint density at radius 3 is 3.10 bits per heavy atom. The van der Waals surface area contributed by atoms with Gasteiger partial charge < -0.3 is 10.3 Å². The zero-order valence-electron chi connectivity index (χ0n) is 5.81. The predicted molar refractivity (Wildman–Crippen MR) is 46.9 cm³/mol. The standard InChI is InChI=1S/C6H10N2S2/c1-2-7-3-5-4-10-6(9)8-5/h4,7H,2-3H2,1H3,(H,8,9). The maximum absolute atomic E-state index is 4.92. The van der Waals surface area contributed by atoms with Crippen molar-refractivity contribution in [2.24, 2.45) is 0 Å². The Labute approximate surface area is 69.3 Å². The molecule has 0 saturated heterocycles. The van der Waals surface area contributed by atoms with Crippen molar-refractivity contribution in [2.45, 2.75) is 13.5 Å². The van der Waals surface area contributed by atoms with Crippen LogP contribution in [0.25, 0.3) is 0 Å². The molecule has 0 spiro atoms. The van der Waals surface area contributed by atoms with E-state index in [1.165, 1.54) is 5.69 Å². The van der Waals surface area contributed by atoms with Crippen molar-refractivity contribution in [3.8, 4) is 0 Å². The molecule has 4 heteroatoms. The van der Waals surface area contributed by atoms with E-state index in [0.717, 1.165) is 17.0 Å². The van der Waals surface area contributed by atoms with Gasteiger partial charge in [0.25, 0.3) is 0 Å². The van der Waals surface area contributed by atoms with Gasteiger partial charge in [-0.3, -0.25) is 0 Å². The number of hydrogen-bond donors (Lipinski definition) is 2. The van der Waals surface area contributed by atoms with Crippen molar-refractivity contribution >= 4 is 23.6 Å². The molecular weight excluding hydrogens is 164 g/mol. The summed E-state index contributed by atoms with van der Waals surface area (Å²) >= 11 is 6.49. The third-order valence-electron chi connectivity index (χ3n) is 1.14. The van der Waals surface area contributed by atoms with Crippen LogP contribution in [0, 0.1) is 3.95 Å². The third kappa shape index (κ3) is 2.21. The SMILES string of the molecule is CCNCc1csc(=S)[nH]1. The zero-order chi connectivity index (χ0) is 7.40. The van der Waals surface area contributed by atoms with Crippen LogP contribution in [-0.4, -0.2) is 11.5 Å². The van der Waals surface area contributed by atoms with Gasteiger partial charge in [-0.15, -0.1) is 11.3 Å². The smallest absolute Gasteiger partial charge is 0.158 e. The van der Waals surface area contributed by atoms with Gasteiger partial charge in [0.1, 0.15) is 0 Å². The minimum atomic E-state index is 0.855. The Bertz CT molecular complexity index is 238. The first-order valence-corrected chi connectivity index (χ1v) is 4.49. The Morgan fingerprint density at radius 1 is 1.80 bits per heavy atom. The Kier molecular flexibility index (Phi) is 3.05. The average Bonchev–Trinajstić information content (AvgIpc) is 2.31. The quantitative estimate of drug-likeness (QED) is 0.685. The largest absolute Gasteiger partial charge is 0.340 e. The minimum absolute atomic E-state index is 0.855. The van der Waals surface area contributed by atoms with Crippen molar-refractivity contribution in [2.75, 3.05) is 6.54 Å². The lowest BCUT2D eigenvalue weighted by Crippen LogP contribution is -2.11.